The highest BCUT2D eigenvalue weighted by Crippen LogP contribution is 2.16. The molecule has 0 aromatic carbocycles. The maximum atomic E-state index is 12.7. The normalized spacial score (nSPS) is 13.9. The van der Waals surface area contributed by atoms with Crippen molar-refractivity contribution < 1.29 is 28.0 Å². The van der Waals surface area contributed by atoms with Crippen molar-refractivity contribution in [1.82, 2.24) is 5.32 Å². The van der Waals surface area contributed by atoms with Crippen molar-refractivity contribution in [3.05, 3.63) is 36.5 Å². The average molecular weight is 838 g/mol. The quantitative estimate of drug-likeness (QED) is 0.0275. The third-order valence-electron chi connectivity index (χ3n) is 11.4. The topological polar surface area (TPSA) is 124 Å². The van der Waals surface area contributed by atoms with Crippen molar-refractivity contribution in [1.29, 1.82) is 0 Å². The van der Waals surface area contributed by atoms with Crippen LogP contribution in [0.5, 0.6) is 0 Å². The first kappa shape index (κ1) is 56.5. The van der Waals surface area contributed by atoms with E-state index in [-0.39, 0.29) is 6.42 Å². The van der Waals surface area contributed by atoms with Crippen LogP contribution in [0.3, 0.4) is 0 Å². The van der Waals surface area contributed by atoms with Gasteiger partial charge in [0, 0.05) is 0 Å². The van der Waals surface area contributed by atoms with Gasteiger partial charge >= 0.3 is 0 Å². The molecule has 0 spiro atoms. The molecule has 0 saturated heterocycles. The minimum Gasteiger partial charge on any atom is -0.387 e. The first-order valence-corrected chi connectivity index (χ1v) is 26.4. The van der Waals surface area contributed by atoms with Gasteiger partial charge in [0.2, 0.25) is 5.91 Å². The highest BCUT2D eigenvalue weighted by atomic mass is 32.2. The summed E-state index contributed by atoms with van der Waals surface area (Å²) in [7, 11) is -4.46. The zero-order valence-corrected chi connectivity index (χ0v) is 38.9. The first-order chi connectivity index (χ1) is 28.2. The maximum absolute atomic E-state index is 12.7. The van der Waals surface area contributed by atoms with E-state index in [1.165, 1.54) is 179 Å². The molecule has 0 aromatic rings. The lowest BCUT2D eigenvalue weighted by Crippen LogP contribution is -2.50. The van der Waals surface area contributed by atoms with E-state index in [1.807, 2.05) is 0 Å². The predicted octanol–water partition coefficient (Wildman–Crippen LogP) is 14.2. The smallest absolute Gasteiger partial charge is 0.267 e. The van der Waals surface area contributed by atoms with E-state index >= 15 is 0 Å². The molecule has 3 unspecified atom stereocenters. The summed E-state index contributed by atoms with van der Waals surface area (Å²) in [6.45, 7) is 4.54. The number of rotatable bonds is 45. The molecule has 0 fully saturated rings. The summed E-state index contributed by atoms with van der Waals surface area (Å²) in [6.07, 6.45) is 55.0. The Morgan fingerprint density at radius 3 is 1.14 bits per heavy atom. The van der Waals surface area contributed by atoms with Crippen LogP contribution in [0.2, 0.25) is 0 Å². The summed E-state index contributed by atoms with van der Waals surface area (Å²) in [5, 5.41) is 23.5. The molecule has 342 valence electrons. The van der Waals surface area contributed by atoms with Gasteiger partial charge in [-0.25, -0.2) is 0 Å². The fourth-order valence-electron chi connectivity index (χ4n) is 7.61. The first-order valence-electron chi connectivity index (χ1n) is 24.8. The Labute approximate surface area is 359 Å². The molecule has 0 aromatic heterocycles. The van der Waals surface area contributed by atoms with Crippen molar-refractivity contribution in [3.8, 4) is 0 Å². The van der Waals surface area contributed by atoms with E-state index in [4.69, 9.17) is 0 Å². The summed E-state index contributed by atoms with van der Waals surface area (Å²) in [5.41, 5.74) is 0. The van der Waals surface area contributed by atoms with Gasteiger partial charge in [-0.15, -0.1) is 0 Å². The SMILES string of the molecule is CCCCCCCCCCC/C=C/CC/C=C/CC/C=C/C(O)C(CS(=O)(=O)O)NC(=O)C(O)CCCCCCCCCCCCCCCCCCCCCCCC. The summed E-state index contributed by atoms with van der Waals surface area (Å²) < 4.78 is 32.7. The molecule has 1 amide bonds. The number of hydrogen-bond donors (Lipinski definition) is 4. The fourth-order valence-corrected chi connectivity index (χ4v) is 8.34. The number of aliphatic hydroxyl groups is 2. The molecule has 0 rings (SSSR count). The maximum Gasteiger partial charge on any atom is 0.267 e. The van der Waals surface area contributed by atoms with Crippen LogP contribution < -0.4 is 5.32 Å². The number of carbonyl (C=O) groups excluding carboxylic acids is 1. The van der Waals surface area contributed by atoms with Crippen LogP contribution in [0.1, 0.15) is 251 Å². The highest BCUT2D eigenvalue weighted by molar-refractivity contribution is 7.85. The average Bonchev–Trinajstić information content (AvgIpc) is 3.19. The monoisotopic (exact) mass is 838 g/mol. The minimum absolute atomic E-state index is 0.275. The Kier molecular flexibility index (Phi) is 42.5. The molecular formula is C50H95NO6S. The van der Waals surface area contributed by atoms with E-state index in [0.717, 1.165) is 44.9 Å². The van der Waals surface area contributed by atoms with Crippen molar-refractivity contribution in [3.63, 3.8) is 0 Å². The van der Waals surface area contributed by atoms with Gasteiger partial charge in [-0.2, -0.15) is 8.42 Å². The van der Waals surface area contributed by atoms with Gasteiger partial charge < -0.3 is 15.5 Å². The lowest BCUT2D eigenvalue weighted by atomic mass is 10.0. The molecule has 0 heterocycles. The summed E-state index contributed by atoms with van der Waals surface area (Å²) in [4.78, 5) is 12.7. The molecule has 0 saturated carbocycles. The fraction of sp³-hybridized carbons (Fsp3) is 0.860. The number of nitrogens with one attached hydrogen (secondary N) is 1. The minimum atomic E-state index is -4.46. The Hall–Kier alpha value is -1.48. The van der Waals surface area contributed by atoms with Crippen LogP contribution in [-0.2, 0) is 14.9 Å². The molecule has 0 aliphatic carbocycles. The van der Waals surface area contributed by atoms with Crippen molar-refractivity contribution >= 4 is 16.0 Å². The van der Waals surface area contributed by atoms with E-state index in [9.17, 15) is 28.0 Å². The molecule has 0 aliphatic heterocycles. The van der Waals surface area contributed by atoms with Gasteiger partial charge in [0.15, 0.2) is 0 Å². The van der Waals surface area contributed by atoms with Gasteiger partial charge in [-0.1, -0.05) is 243 Å². The zero-order chi connectivity index (χ0) is 42.6. The van der Waals surface area contributed by atoms with Gasteiger partial charge in [-0.3, -0.25) is 9.35 Å². The van der Waals surface area contributed by atoms with Gasteiger partial charge in [-0.05, 0) is 44.9 Å². The van der Waals surface area contributed by atoms with Crippen LogP contribution in [-0.4, -0.2) is 53.1 Å². The number of allylic oxidation sites excluding steroid dienone is 5. The number of hydrogen-bond acceptors (Lipinski definition) is 5. The van der Waals surface area contributed by atoms with E-state index < -0.39 is 40.0 Å². The van der Waals surface area contributed by atoms with E-state index in [0.29, 0.717) is 12.8 Å². The predicted molar refractivity (Wildman–Crippen MR) is 250 cm³/mol. The van der Waals surface area contributed by atoms with Crippen LogP contribution >= 0.6 is 0 Å². The van der Waals surface area contributed by atoms with Crippen LogP contribution in [0, 0.1) is 0 Å². The number of carbonyl (C=O) groups is 1. The molecule has 7 nitrogen and oxygen atoms in total. The molecule has 8 heteroatoms. The highest BCUT2D eigenvalue weighted by Gasteiger charge is 2.27. The van der Waals surface area contributed by atoms with Gasteiger partial charge in [0.1, 0.15) is 6.10 Å². The van der Waals surface area contributed by atoms with Gasteiger partial charge in [0.25, 0.3) is 10.1 Å². The Morgan fingerprint density at radius 1 is 0.466 bits per heavy atom. The second-order valence-electron chi connectivity index (χ2n) is 17.2. The lowest BCUT2D eigenvalue weighted by Gasteiger charge is -2.22. The van der Waals surface area contributed by atoms with Crippen molar-refractivity contribution in [2.45, 2.75) is 270 Å². The molecule has 58 heavy (non-hydrogen) atoms. The third-order valence-corrected chi connectivity index (χ3v) is 12.2. The Bertz CT molecular complexity index is 1070. The second-order valence-corrected chi connectivity index (χ2v) is 18.7. The number of amides is 1. The molecule has 0 radical (unpaired) electrons. The largest absolute Gasteiger partial charge is 0.387 e. The summed E-state index contributed by atoms with van der Waals surface area (Å²) in [5.74, 6) is -1.56. The third kappa shape index (κ3) is 42.6. The van der Waals surface area contributed by atoms with Gasteiger partial charge in [0.05, 0.1) is 17.9 Å². The molecule has 0 aliphatic rings. The van der Waals surface area contributed by atoms with E-state index in [2.05, 4.69) is 43.5 Å². The Balaban J connectivity index is 3.95. The van der Waals surface area contributed by atoms with Crippen LogP contribution in [0.4, 0.5) is 0 Å². The summed E-state index contributed by atoms with van der Waals surface area (Å²) in [6, 6.07) is -1.25. The van der Waals surface area contributed by atoms with Crippen molar-refractivity contribution in [2.75, 3.05) is 5.75 Å². The standard InChI is InChI=1S/C50H95NO6S/c1-3-5-7-9-11-13-15-17-19-21-23-24-25-27-29-31-33-35-37-39-41-43-45-49(53)50(54)51-47(46-58(55,56)57)48(52)44-42-40-38-36-34-32-30-28-26-22-20-18-16-14-12-10-8-6-4-2/h26,28,34,36,42,44,47-49,52-53H,3-25,27,29-33,35,37-41,43,45-46H2,1-2H3,(H,51,54)(H,55,56,57)/b28-26+,36-34+,44-42+. The molecule has 4 N–H and O–H groups in total. The summed E-state index contributed by atoms with van der Waals surface area (Å²) >= 11 is 0. The molecular weight excluding hydrogens is 743 g/mol. The lowest BCUT2D eigenvalue weighted by molar-refractivity contribution is -0.130. The van der Waals surface area contributed by atoms with Crippen molar-refractivity contribution in [2.24, 2.45) is 0 Å². The number of unbranched alkanes of at least 4 members (excludes halogenated alkanes) is 32. The van der Waals surface area contributed by atoms with E-state index in [1.54, 1.807) is 6.08 Å². The molecule has 0 bridgehead atoms. The van der Waals surface area contributed by atoms with Crippen LogP contribution in [0.15, 0.2) is 36.5 Å². The zero-order valence-electron chi connectivity index (χ0n) is 38.0. The van der Waals surface area contributed by atoms with Crippen LogP contribution in [0.25, 0.3) is 0 Å². The second kappa shape index (κ2) is 43.6. The number of aliphatic hydroxyl groups excluding tert-OH is 2. The Morgan fingerprint density at radius 2 is 0.776 bits per heavy atom. The molecule has 3 atom stereocenters.